The second-order valence-corrected chi connectivity index (χ2v) is 7.91. The van der Waals surface area contributed by atoms with E-state index in [0.717, 1.165) is 24.1 Å². The number of carbonyl (C=O) groups excluding carboxylic acids is 2. The van der Waals surface area contributed by atoms with Gasteiger partial charge in [-0.1, -0.05) is 6.92 Å². The number of benzene rings is 1. The average molecular weight is 396 g/mol. The van der Waals surface area contributed by atoms with Gasteiger partial charge >= 0.3 is 0 Å². The molecule has 0 saturated heterocycles. The minimum atomic E-state index is -0.334. The zero-order chi connectivity index (χ0) is 20.7. The fourth-order valence-electron chi connectivity index (χ4n) is 4.45. The van der Waals surface area contributed by atoms with Gasteiger partial charge in [-0.15, -0.1) is 0 Å². The predicted molar refractivity (Wildman–Crippen MR) is 109 cm³/mol. The van der Waals surface area contributed by atoms with E-state index < -0.39 is 0 Å². The molecule has 2 aliphatic rings. The Morgan fingerprint density at radius 2 is 1.97 bits per heavy atom. The second kappa shape index (κ2) is 7.46. The number of hydrogen-bond donors (Lipinski definition) is 2. The van der Waals surface area contributed by atoms with Gasteiger partial charge in [-0.25, -0.2) is 9.37 Å². The van der Waals surface area contributed by atoms with Crippen molar-refractivity contribution in [2.45, 2.75) is 38.8 Å². The van der Waals surface area contributed by atoms with Gasteiger partial charge in [-0.05, 0) is 49.1 Å². The standard InChI is InChI=1S/C22H25FN4O2/c1-12-20(26-19-9-6-15(11-25-19)22(29)24-3)17-10-16(23)7-8-18(17)27(13(2)28)21(12)14-4-5-14/h6-12,14,20-21H,4-5H2,1-3H3,(H,24,29)(H,25,26)/t12-,20?,21?/m1/s1. The number of aromatic nitrogens is 1. The predicted octanol–water partition coefficient (Wildman–Crippen LogP) is 3.51. The monoisotopic (exact) mass is 396 g/mol. The Balaban J connectivity index is 1.71. The lowest BCUT2D eigenvalue weighted by molar-refractivity contribution is -0.117. The first kappa shape index (κ1) is 19.4. The van der Waals surface area contributed by atoms with Gasteiger partial charge in [0.05, 0.1) is 11.6 Å². The van der Waals surface area contributed by atoms with Crippen LogP contribution < -0.4 is 15.5 Å². The van der Waals surface area contributed by atoms with Crippen molar-refractivity contribution in [3.8, 4) is 0 Å². The SMILES string of the molecule is CNC(=O)c1ccc(NC2c3cc(F)ccc3N(C(C)=O)C(C3CC3)[C@@H]2C)nc1. The number of hydrogen-bond acceptors (Lipinski definition) is 4. The normalized spacial score (nSPS) is 23.3. The molecule has 7 heteroatoms. The van der Waals surface area contributed by atoms with Gasteiger partial charge in [0, 0.05) is 43.4 Å². The van der Waals surface area contributed by atoms with Crippen molar-refractivity contribution in [2.24, 2.45) is 11.8 Å². The summed E-state index contributed by atoms with van der Waals surface area (Å²) in [6, 6.07) is 7.93. The summed E-state index contributed by atoms with van der Waals surface area (Å²) in [7, 11) is 1.57. The summed E-state index contributed by atoms with van der Waals surface area (Å²) >= 11 is 0. The summed E-state index contributed by atoms with van der Waals surface area (Å²) in [5.41, 5.74) is 1.98. The molecule has 1 aliphatic carbocycles. The second-order valence-electron chi connectivity index (χ2n) is 7.91. The van der Waals surface area contributed by atoms with Crippen LogP contribution >= 0.6 is 0 Å². The van der Waals surface area contributed by atoms with E-state index in [1.165, 1.54) is 18.3 Å². The molecule has 2 N–H and O–H groups in total. The van der Waals surface area contributed by atoms with Crippen molar-refractivity contribution in [3.05, 3.63) is 53.5 Å². The lowest BCUT2D eigenvalue weighted by atomic mass is 9.80. The molecule has 1 aliphatic heterocycles. The number of carbonyl (C=O) groups is 2. The maximum absolute atomic E-state index is 14.1. The summed E-state index contributed by atoms with van der Waals surface area (Å²) < 4.78 is 14.1. The van der Waals surface area contributed by atoms with Crippen molar-refractivity contribution < 1.29 is 14.0 Å². The third-order valence-electron chi connectivity index (χ3n) is 5.95. The van der Waals surface area contributed by atoms with Gasteiger partial charge < -0.3 is 15.5 Å². The quantitative estimate of drug-likeness (QED) is 0.829. The molecule has 0 bridgehead atoms. The lowest BCUT2D eigenvalue weighted by Crippen LogP contribution is -2.51. The van der Waals surface area contributed by atoms with Crippen molar-refractivity contribution in [1.29, 1.82) is 0 Å². The van der Waals surface area contributed by atoms with Crippen molar-refractivity contribution in [1.82, 2.24) is 10.3 Å². The van der Waals surface area contributed by atoms with Gasteiger partial charge in [-0.2, -0.15) is 0 Å². The van der Waals surface area contributed by atoms with E-state index in [4.69, 9.17) is 0 Å². The Hall–Kier alpha value is -2.96. The molecule has 1 fully saturated rings. The van der Waals surface area contributed by atoms with Crippen LogP contribution in [0.2, 0.25) is 0 Å². The molecule has 1 saturated carbocycles. The Kier molecular flexibility index (Phi) is 4.98. The van der Waals surface area contributed by atoms with Crippen molar-refractivity contribution in [2.75, 3.05) is 17.3 Å². The molecule has 1 aromatic heterocycles. The van der Waals surface area contributed by atoms with Crippen LogP contribution in [0, 0.1) is 17.7 Å². The zero-order valence-electron chi connectivity index (χ0n) is 16.8. The molecule has 0 radical (unpaired) electrons. The van der Waals surface area contributed by atoms with Crippen LogP contribution in [0.1, 0.15) is 48.7 Å². The number of fused-ring (bicyclic) bond motifs is 1. The highest BCUT2D eigenvalue weighted by atomic mass is 19.1. The first-order valence-electron chi connectivity index (χ1n) is 9.94. The topological polar surface area (TPSA) is 74.3 Å². The maximum Gasteiger partial charge on any atom is 0.252 e. The fraction of sp³-hybridized carbons (Fsp3) is 0.409. The largest absolute Gasteiger partial charge is 0.363 e. The molecule has 2 amide bonds. The number of nitrogens with one attached hydrogen (secondary N) is 2. The average Bonchev–Trinajstić information content (AvgIpc) is 3.54. The highest BCUT2D eigenvalue weighted by Gasteiger charge is 2.47. The number of nitrogens with zero attached hydrogens (tertiary/aromatic N) is 2. The van der Waals surface area contributed by atoms with Gasteiger partial charge in [0.2, 0.25) is 5.91 Å². The van der Waals surface area contributed by atoms with Crippen LogP contribution in [-0.2, 0) is 4.79 Å². The molecule has 6 nitrogen and oxygen atoms in total. The Bertz CT molecular complexity index is 942. The van der Waals surface area contributed by atoms with Gasteiger partial charge in [0.25, 0.3) is 5.91 Å². The lowest BCUT2D eigenvalue weighted by Gasteiger charge is -2.45. The number of halogens is 1. The molecule has 2 aromatic rings. The van der Waals surface area contributed by atoms with Gasteiger partial charge in [0.15, 0.2) is 0 Å². The molecular weight excluding hydrogens is 371 g/mol. The summed E-state index contributed by atoms with van der Waals surface area (Å²) in [6.45, 7) is 3.67. The van der Waals surface area contributed by atoms with E-state index in [2.05, 4.69) is 22.5 Å². The molecule has 0 spiro atoms. The van der Waals surface area contributed by atoms with E-state index in [-0.39, 0.29) is 35.6 Å². The van der Waals surface area contributed by atoms with E-state index in [9.17, 15) is 14.0 Å². The van der Waals surface area contributed by atoms with Crippen molar-refractivity contribution >= 4 is 23.3 Å². The third kappa shape index (κ3) is 3.57. The highest BCUT2D eigenvalue weighted by molar-refractivity contribution is 5.94. The highest BCUT2D eigenvalue weighted by Crippen LogP contribution is 2.50. The van der Waals surface area contributed by atoms with Crippen LogP contribution in [0.25, 0.3) is 0 Å². The van der Waals surface area contributed by atoms with Gasteiger partial charge in [-0.3, -0.25) is 9.59 Å². The zero-order valence-corrected chi connectivity index (χ0v) is 16.8. The Labute approximate surface area is 169 Å². The van der Waals surface area contributed by atoms with Crippen molar-refractivity contribution in [3.63, 3.8) is 0 Å². The minimum absolute atomic E-state index is 0.0203. The molecule has 152 valence electrons. The Morgan fingerprint density at radius 1 is 1.21 bits per heavy atom. The van der Waals surface area contributed by atoms with E-state index in [1.807, 2.05) is 4.90 Å². The number of amides is 2. The summed E-state index contributed by atoms with van der Waals surface area (Å²) in [4.78, 5) is 30.4. The molecule has 1 aromatic carbocycles. The van der Waals surface area contributed by atoms with E-state index >= 15 is 0 Å². The van der Waals surface area contributed by atoms with E-state index in [0.29, 0.717) is 17.3 Å². The summed E-state index contributed by atoms with van der Waals surface area (Å²) in [5, 5.41) is 5.99. The van der Waals surface area contributed by atoms with Crippen LogP contribution in [0.5, 0.6) is 0 Å². The molecule has 2 heterocycles. The van der Waals surface area contributed by atoms with Crippen LogP contribution in [0.3, 0.4) is 0 Å². The fourth-order valence-corrected chi connectivity index (χ4v) is 4.45. The molecule has 3 atom stereocenters. The number of anilines is 2. The summed E-state index contributed by atoms with van der Waals surface area (Å²) in [6.07, 6.45) is 3.71. The first-order valence-corrected chi connectivity index (χ1v) is 9.94. The molecule has 2 unspecified atom stereocenters. The first-order chi connectivity index (χ1) is 13.9. The molecule has 29 heavy (non-hydrogen) atoms. The third-order valence-corrected chi connectivity index (χ3v) is 5.95. The Morgan fingerprint density at radius 3 is 2.55 bits per heavy atom. The molecule has 4 rings (SSSR count). The maximum atomic E-state index is 14.1. The van der Waals surface area contributed by atoms with Crippen LogP contribution in [0.4, 0.5) is 15.9 Å². The minimum Gasteiger partial charge on any atom is -0.363 e. The smallest absolute Gasteiger partial charge is 0.252 e. The van der Waals surface area contributed by atoms with Crippen LogP contribution in [0.15, 0.2) is 36.5 Å². The van der Waals surface area contributed by atoms with Gasteiger partial charge in [0.1, 0.15) is 11.6 Å². The van der Waals surface area contributed by atoms with E-state index in [1.54, 1.807) is 32.2 Å². The number of rotatable bonds is 4. The number of pyridine rings is 1. The van der Waals surface area contributed by atoms with Crippen LogP contribution in [-0.4, -0.2) is 29.9 Å². The molecular formula is C22H25FN4O2. The summed E-state index contributed by atoms with van der Waals surface area (Å²) in [5.74, 6) is 0.581.